The molecule has 1 atom stereocenters. The molecule has 6 heteroatoms. The third-order valence-electron chi connectivity index (χ3n) is 2.63. The maximum Gasteiger partial charge on any atom is 0.415 e. The number of ether oxygens (including phenoxy) is 2. The molecule has 0 spiro atoms. The Morgan fingerprint density at radius 1 is 1.32 bits per heavy atom. The van der Waals surface area contributed by atoms with Crippen molar-refractivity contribution in [3.05, 3.63) is 35.9 Å². The second kappa shape index (κ2) is 5.99. The summed E-state index contributed by atoms with van der Waals surface area (Å²) >= 11 is 0. The van der Waals surface area contributed by atoms with E-state index < -0.39 is 24.1 Å². The first kappa shape index (κ1) is 13.1. The summed E-state index contributed by atoms with van der Waals surface area (Å²) in [6.45, 7) is 0.199. The predicted molar refractivity (Wildman–Crippen MR) is 64.1 cm³/mol. The molecule has 0 bridgehead atoms. The van der Waals surface area contributed by atoms with E-state index in [-0.39, 0.29) is 13.0 Å². The number of carbonyl (C=O) groups excluding carboxylic acids is 3. The molecule has 2 rings (SSSR count). The zero-order valence-electron chi connectivity index (χ0n) is 10.1. The van der Waals surface area contributed by atoms with Crippen LogP contribution in [0.3, 0.4) is 0 Å². The van der Waals surface area contributed by atoms with Gasteiger partial charge in [-0.15, -0.1) is 0 Å². The van der Waals surface area contributed by atoms with Crippen LogP contribution in [0.4, 0.5) is 4.79 Å². The minimum absolute atomic E-state index is 0.199. The molecule has 0 aromatic heterocycles. The first-order valence-corrected chi connectivity index (χ1v) is 5.87. The normalized spacial score (nSPS) is 18.4. The Bertz CT molecular complexity index is 469. The van der Waals surface area contributed by atoms with Crippen molar-refractivity contribution in [1.82, 2.24) is 5.32 Å². The number of carbonyl (C=O) groups is 3. The molecule has 100 valence electrons. The first-order chi connectivity index (χ1) is 9.15. The molecule has 19 heavy (non-hydrogen) atoms. The highest BCUT2D eigenvalue weighted by Crippen LogP contribution is 2.06. The van der Waals surface area contributed by atoms with E-state index in [2.05, 4.69) is 10.1 Å². The Balaban J connectivity index is 1.78. The van der Waals surface area contributed by atoms with Crippen LogP contribution in [0.5, 0.6) is 0 Å². The van der Waals surface area contributed by atoms with E-state index in [4.69, 9.17) is 4.74 Å². The summed E-state index contributed by atoms with van der Waals surface area (Å²) in [5, 5.41) is 2.24. The van der Waals surface area contributed by atoms with Gasteiger partial charge in [-0.25, -0.2) is 9.59 Å². The quantitative estimate of drug-likeness (QED) is 0.641. The van der Waals surface area contributed by atoms with Crippen molar-refractivity contribution in [2.24, 2.45) is 0 Å². The molecule has 1 aliphatic heterocycles. The molecule has 0 aliphatic carbocycles. The molecular formula is C13H13NO5. The number of esters is 2. The second-order valence-electron chi connectivity index (χ2n) is 4.07. The van der Waals surface area contributed by atoms with Gasteiger partial charge in [0.1, 0.15) is 6.04 Å². The van der Waals surface area contributed by atoms with Crippen LogP contribution in [0.25, 0.3) is 0 Å². The molecule has 0 saturated carbocycles. The van der Waals surface area contributed by atoms with Crippen LogP contribution in [-0.4, -0.2) is 30.7 Å². The highest BCUT2D eigenvalue weighted by molar-refractivity contribution is 5.94. The molecule has 1 aliphatic rings. The van der Waals surface area contributed by atoms with E-state index in [1.165, 1.54) is 0 Å². The van der Waals surface area contributed by atoms with Crippen molar-refractivity contribution in [2.45, 2.75) is 18.9 Å². The van der Waals surface area contributed by atoms with Gasteiger partial charge in [-0.3, -0.25) is 4.79 Å². The van der Waals surface area contributed by atoms with Crippen LogP contribution < -0.4 is 5.32 Å². The zero-order valence-corrected chi connectivity index (χ0v) is 10.1. The third kappa shape index (κ3) is 3.80. The molecule has 1 aromatic rings. The van der Waals surface area contributed by atoms with Crippen LogP contribution in [0, 0.1) is 0 Å². The van der Waals surface area contributed by atoms with E-state index >= 15 is 0 Å². The summed E-state index contributed by atoms with van der Waals surface area (Å²) < 4.78 is 9.26. The van der Waals surface area contributed by atoms with Crippen LogP contribution in [0.1, 0.15) is 12.0 Å². The molecule has 6 nitrogen and oxygen atoms in total. The van der Waals surface area contributed by atoms with Crippen molar-refractivity contribution < 1.29 is 23.9 Å². The Morgan fingerprint density at radius 3 is 2.74 bits per heavy atom. The van der Waals surface area contributed by atoms with Gasteiger partial charge in [0.05, 0.1) is 13.0 Å². The lowest BCUT2D eigenvalue weighted by atomic mass is 10.1. The van der Waals surface area contributed by atoms with Crippen molar-refractivity contribution >= 4 is 18.0 Å². The van der Waals surface area contributed by atoms with Gasteiger partial charge in [0.25, 0.3) is 0 Å². The van der Waals surface area contributed by atoms with E-state index in [9.17, 15) is 14.4 Å². The molecule has 1 heterocycles. The fourth-order valence-electron chi connectivity index (χ4n) is 1.69. The molecule has 1 amide bonds. The van der Waals surface area contributed by atoms with Gasteiger partial charge in [-0.05, 0) is 5.56 Å². The summed E-state index contributed by atoms with van der Waals surface area (Å²) in [6.07, 6.45) is -0.533. The molecule has 0 unspecified atom stereocenters. The minimum atomic E-state index is -0.954. The van der Waals surface area contributed by atoms with Crippen LogP contribution in [0.15, 0.2) is 30.3 Å². The van der Waals surface area contributed by atoms with Gasteiger partial charge in [0, 0.05) is 6.42 Å². The van der Waals surface area contributed by atoms with Gasteiger partial charge in [0.15, 0.2) is 0 Å². The lowest BCUT2D eigenvalue weighted by Crippen LogP contribution is -2.48. The Morgan fingerprint density at radius 2 is 2.05 bits per heavy atom. The second-order valence-corrected chi connectivity index (χ2v) is 4.07. The molecular weight excluding hydrogens is 250 g/mol. The SMILES string of the molecule is O=C1C[C@H](C(=O)OCCc2ccccc2)NC(=O)O1. The fourth-order valence-corrected chi connectivity index (χ4v) is 1.69. The van der Waals surface area contributed by atoms with Crippen molar-refractivity contribution in [2.75, 3.05) is 6.61 Å². The number of benzene rings is 1. The topological polar surface area (TPSA) is 81.7 Å². The molecule has 1 saturated heterocycles. The van der Waals surface area contributed by atoms with Gasteiger partial charge in [-0.1, -0.05) is 30.3 Å². The van der Waals surface area contributed by atoms with Gasteiger partial charge >= 0.3 is 18.0 Å². The summed E-state index contributed by atoms with van der Waals surface area (Å²) in [6, 6.07) is 8.59. The van der Waals surface area contributed by atoms with Gasteiger partial charge < -0.3 is 14.8 Å². The van der Waals surface area contributed by atoms with E-state index in [0.717, 1.165) is 5.56 Å². The van der Waals surface area contributed by atoms with E-state index in [1.54, 1.807) is 0 Å². The fraction of sp³-hybridized carbons (Fsp3) is 0.308. The van der Waals surface area contributed by atoms with Gasteiger partial charge in [0.2, 0.25) is 0 Å². The van der Waals surface area contributed by atoms with E-state index in [0.29, 0.717) is 6.42 Å². The molecule has 1 aromatic carbocycles. The summed E-state index contributed by atoms with van der Waals surface area (Å²) in [4.78, 5) is 33.5. The van der Waals surface area contributed by atoms with Crippen molar-refractivity contribution in [3.8, 4) is 0 Å². The van der Waals surface area contributed by atoms with Crippen LogP contribution >= 0.6 is 0 Å². The van der Waals surface area contributed by atoms with Crippen molar-refractivity contribution in [1.29, 1.82) is 0 Å². The average Bonchev–Trinajstić information content (AvgIpc) is 2.38. The molecule has 1 N–H and O–H groups in total. The lowest BCUT2D eigenvalue weighted by molar-refractivity contribution is -0.152. The van der Waals surface area contributed by atoms with Crippen LogP contribution in [-0.2, 0) is 25.5 Å². The molecule has 1 fully saturated rings. The van der Waals surface area contributed by atoms with E-state index in [1.807, 2.05) is 30.3 Å². The van der Waals surface area contributed by atoms with Crippen LogP contribution in [0.2, 0.25) is 0 Å². The summed E-state index contributed by atoms with van der Waals surface area (Å²) in [7, 11) is 0. The smallest absolute Gasteiger partial charge is 0.415 e. The summed E-state index contributed by atoms with van der Waals surface area (Å²) in [5.41, 5.74) is 1.04. The number of hydrogen-bond donors (Lipinski definition) is 1. The predicted octanol–water partition coefficient (Wildman–Crippen LogP) is 0.797. The maximum atomic E-state index is 11.6. The lowest BCUT2D eigenvalue weighted by Gasteiger charge is -2.20. The summed E-state index contributed by atoms with van der Waals surface area (Å²) in [5.74, 6) is -1.35. The highest BCUT2D eigenvalue weighted by Gasteiger charge is 2.32. The molecule has 0 radical (unpaired) electrons. The average molecular weight is 263 g/mol. The maximum absolute atomic E-state index is 11.6. The zero-order chi connectivity index (χ0) is 13.7. The largest absolute Gasteiger partial charge is 0.464 e. The highest BCUT2D eigenvalue weighted by atomic mass is 16.6. The Labute approximate surface area is 109 Å². The number of amides is 1. The first-order valence-electron chi connectivity index (χ1n) is 5.87. The third-order valence-corrected chi connectivity index (χ3v) is 2.63. The number of hydrogen-bond acceptors (Lipinski definition) is 5. The van der Waals surface area contributed by atoms with Gasteiger partial charge in [-0.2, -0.15) is 0 Å². The Hall–Kier alpha value is -2.37. The standard InChI is InChI=1S/C13H13NO5/c15-11-8-10(14-13(17)19-11)12(16)18-7-6-9-4-2-1-3-5-9/h1-5,10H,6-8H2,(H,14,17)/t10-/m1/s1. The van der Waals surface area contributed by atoms with Crippen molar-refractivity contribution in [3.63, 3.8) is 0 Å². The number of nitrogens with one attached hydrogen (secondary N) is 1. The number of cyclic esters (lactones) is 2. The monoisotopic (exact) mass is 263 g/mol. The Kier molecular flexibility index (Phi) is 4.12. The number of alkyl carbamates (subject to hydrolysis) is 1. The minimum Gasteiger partial charge on any atom is -0.464 e. The number of rotatable bonds is 4.